The first-order chi connectivity index (χ1) is 27.4. The van der Waals surface area contributed by atoms with E-state index in [9.17, 15) is 24.2 Å². The Morgan fingerprint density at radius 1 is 0.982 bits per heavy atom. The van der Waals surface area contributed by atoms with Gasteiger partial charge in [-0.05, 0) is 45.0 Å². The van der Waals surface area contributed by atoms with E-state index in [-0.39, 0.29) is 30.4 Å². The average Bonchev–Trinajstić information content (AvgIpc) is 3.75. The van der Waals surface area contributed by atoms with Crippen molar-refractivity contribution in [3.63, 3.8) is 0 Å². The van der Waals surface area contributed by atoms with Gasteiger partial charge in [-0.25, -0.2) is 14.1 Å². The number of carbonyl (C=O) groups excluding carboxylic acids is 3. The summed E-state index contributed by atoms with van der Waals surface area (Å²) in [5.41, 5.74) is 4.48. The predicted octanol–water partition coefficient (Wildman–Crippen LogP) is 1.27. The Hall–Kier alpha value is -4.71. The molecule has 3 aliphatic rings. The van der Waals surface area contributed by atoms with Crippen molar-refractivity contribution in [2.45, 2.75) is 56.8 Å². The molecule has 6 rings (SSSR count). The number of nitrogens with two attached hydrogens (primary N) is 1. The van der Waals surface area contributed by atoms with Gasteiger partial charge in [0.2, 0.25) is 5.60 Å². The Bertz CT molecular complexity index is 1950. The summed E-state index contributed by atoms with van der Waals surface area (Å²) in [5.74, 6) is -1.98. The first kappa shape index (κ1) is 41.9. The molecule has 0 saturated carbocycles. The zero-order valence-corrected chi connectivity index (χ0v) is 32.8. The molecule has 0 spiro atoms. The summed E-state index contributed by atoms with van der Waals surface area (Å²) in [4.78, 5) is 48.0. The Morgan fingerprint density at radius 2 is 1.61 bits per heavy atom. The summed E-state index contributed by atoms with van der Waals surface area (Å²) >= 11 is 0. The van der Waals surface area contributed by atoms with Crippen molar-refractivity contribution in [1.82, 2.24) is 29.5 Å². The highest BCUT2D eigenvalue weighted by Gasteiger charge is 2.62. The number of nitrogens with one attached hydrogen (secondary N) is 1. The Morgan fingerprint density at radius 3 is 2.23 bits per heavy atom. The van der Waals surface area contributed by atoms with Crippen LogP contribution >= 0.6 is 7.75 Å². The minimum atomic E-state index is -4.60. The maximum Gasteiger partial charge on any atom is 0.459 e. The molecule has 3 aromatic rings. The van der Waals surface area contributed by atoms with Crippen LogP contribution in [0.1, 0.15) is 32.6 Å². The minimum Gasteiger partial charge on any atom is -0.462 e. The van der Waals surface area contributed by atoms with Crippen molar-refractivity contribution in [1.29, 1.82) is 5.26 Å². The maximum atomic E-state index is 14.6. The standard InChI is InChI=1S/C36H47N8O12P/c1-24(2)52-35(47)25(3)41-57(48,56-26-7-5-4-6-8-26)51-22-36(21-37)33(54-30(46)20-43-13-17-50-18-14-43)32(53-29(45)19-42-11-15-49-16-12-42)31(55-36)27-9-10-28-34(38)39-23-40-44(27)28/h4-10,23-25,31-33H,11-20,22H2,1-3H3,(H,41,48)(H2,38,39,40)/t25-,31-,32-,33-,36+,57-/m0/s1. The molecule has 0 aliphatic carbocycles. The van der Waals surface area contributed by atoms with Crippen LogP contribution in [0, 0.1) is 11.3 Å². The Kier molecular flexibility index (Phi) is 13.7. The molecule has 0 unspecified atom stereocenters. The molecule has 21 heteroatoms. The molecule has 3 aliphatic heterocycles. The highest BCUT2D eigenvalue weighted by molar-refractivity contribution is 7.52. The maximum absolute atomic E-state index is 14.6. The molecule has 57 heavy (non-hydrogen) atoms. The van der Waals surface area contributed by atoms with E-state index in [1.54, 1.807) is 44.2 Å². The van der Waals surface area contributed by atoms with Crippen molar-refractivity contribution in [3.8, 4) is 11.8 Å². The molecule has 0 radical (unpaired) electrons. The fourth-order valence-corrected chi connectivity index (χ4v) is 8.01. The number of hydrogen-bond acceptors (Lipinski definition) is 18. The van der Waals surface area contributed by atoms with Crippen LogP contribution in [0.2, 0.25) is 0 Å². The third-order valence-electron chi connectivity index (χ3n) is 9.30. The molecule has 5 heterocycles. The minimum absolute atomic E-state index is 0.106. The van der Waals surface area contributed by atoms with Crippen LogP contribution in [-0.2, 0) is 51.9 Å². The summed E-state index contributed by atoms with van der Waals surface area (Å²) in [5, 5.41) is 18.0. The number of esters is 3. The van der Waals surface area contributed by atoms with Crippen LogP contribution in [0.25, 0.3) is 5.52 Å². The van der Waals surface area contributed by atoms with Gasteiger partial charge in [0.1, 0.15) is 42.4 Å². The molecule has 6 atom stereocenters. The zero-order valence-electron chi connectivity index (χ0n) is 31.9. The van der Waals surface area contributed by atoms with Crippen molar-refractivity contribution >= 4 is 37.0 Å². The Balaban J connectivity index is 1.38. The van der Waals surface area contributed by atoms with Crippen LogP contribution in [-0.4, -0.2) is 145 Å². The van der Waals surface area contributed by atoms with Crippen LogP contribution in [0.5, 0.6) is 5.75 Å². The van der Waals surface area contributed by atoms with Gasteiger partial charge in [-0.2, -0.15) is 15.4 Å². The van der Waals surface area contributed by atoms with Crippen molar-refractivity contribution in [3.05, 3.63) is 54.5 Å². The molecule has 3 fully saturated rings. The monoisotopic (exact) mass is 814 g/mol. The fourth-order valence-electron chi connectivity index (χ4n) is 6.49. The van der Waals surface area contributed by atoms with Gasteiger partial charge in [0.15, 0.2) is 18.0 Å². The van der Waals surface area contributed by atoms with Gasteiger partial charge in [0, 0.05) is 26.2 Å². The first-order valence-electron chi connectivity index (χ1n) is 18.5. The number of para-hydroxylation sites is 1. The first-order valence-corrected chi connectivity index (χ1v) is 20.1. The summed E-state index contributed by atoms with van der Waals surface area (Å²) in [6.07, 6.45) is -3.75. The second-order valence-corrected chi connectivity index (χ2v) is 15.6. The smallest absolute Gasteiger partial charge is 0.459 e. The number of nitrogen functional groups attached to an aromatic ring is 1. The number of carbonyl (C=O) groups is 3. The average molecular weight is 815 g/mol. The Labute approximate surface area is 328 Å². The van der Waals surface area contributed by atoms with Gasteiger partial charge < -0.3 is 38.7 Å². The molecular weight excluding hydrogens is 767 g/mol. The molecule has 3 saturated heterocycles. The number of rotatable bonds is 16. The van der Waals surface area contributed by atoms with E-state index in [2.05, 4.69) is 21.2 Å². The van der Waals surface area contributed by atoms with Crippen LogP contribution in [0.3, 0.4) is 0 Å². The van der Waals surface area contributed by atoms with Gasteiger partial charge in [-0.1, -0.05) is 18.2 Å². The molecule has 0 bridgehead atoms. The number of anilines is 1. The van der Waals surface area contributed by atoms with Gasteiger partial charge in [-0.15, -0.1) is 0 Å². The molecule has 3 N–H and O–H groups in total. The summed E-state index contributed by atoms with van der Waals surface area (Å²) in [6.45, 7) is 6.99. The number of morpholine rings is 2. The number of nitriles is 1. The number of hydrogen-bond donors (Lipinski definition) is 2. The van der Waals surface area contributed by atoms with E-state index < -0.39 is 68.3 Å². The lowest BCUT2D eigenvalue weighted by molar-refractivity contribution is -0.172. The van der Waals surface area contributed by atoms with E-state index in [0.717, 1.165) is 0 Å². The topological polar surface area (TPSA) is 241 Å². The fraction of sp³-hybridized carbons (Fsp3) is 0.556. The molecule has 1 aromatic carbocycles. The van der Waals surface area contributed by atoms with Crippen molar-refractivity contribution in [2.75, 3.05) is 78.0 Å². The van der Waals surface area contributed by atoms with Crippen molar-refractivity contribution < 1.29 is 56.4 Å². The van der Waals surface area contributed by atoms with Crippen LogP contribution in [0.15, 0.2) is 48.8 Å². The lowest BCUT2D eigenvalue weighted by atomic mass is 9.95. The second-order valence-electron chi connectivity index (χ2n) is 13.9. The van der Waals surface area contributed by atoms with E-state index in [0.29, 0.717) is 58.1 Å². The second kappa shape index (κ2) is 18.7. The third-order valence-corrected chi connectivity index (χ3v) is 10.9. The van der Waals surface area contributed by atoms with Gasteiger partial charge >= 0.3 is 25.7 Å². The predicted molar refractivity (Wildman–Crippen MR) is 198 cm³/mol. The lowest BCUT2D eigenvalue weighted by Gasteiger charge is -2.32. The van der Waals surface area contributed by atoms with Crippen molar-refractivity contribution in [2.24, 2.45) is 0 Å². The van der Waals surface area contributed by atoms with E-state index >= 15 is 0 Å². The van der Waals surface area contributed by atoms with Gasteiger partial charge in [0.25, 0.3) is 0 Å². The summed E-state index contributed by atoms with van der Waals surface area (Å²) in [6, 6.07) is 12.1. The number of ether oxygens (including phenoxy) is 6. The molecule has 308 valence electrons. The highest BCUT2D eigenvalue weighted by atomic mass is 31.2. The SMILES string of the molecule is CC(C)OC(=O)[C@H](C)N[P@](=O)(OC[C@@]1(C#N)O[C@@H](c2ccc3c(N)ncnn23)[C@H](OC(=O)CN2CCOCC2)[C@@H]1OC(=O)CN1CCOCC1)Oc1ccccc1. The van der Waals surface area contributed by atoms with Crippen LogP contribution in [0.4, 0.5) is 5.82 Å². The lowest BCUT2D eigenvalue weighted by Crippen LogP contribution is -2.51. The number of fused-ring (bicyclic) bond motifs is 1. The molecular formula is C36H47N8O12P. The van der Waals surface area contributed by atoms with E-state index in [1.807, 2.05) is 9.80 Å². The van der Waals surface area contributed by atoms with Gasteiger partial charge in [-0.3, -0.25) is 28.7 Å². The number of aromatic nitrogens is 3. The van der Waals surface area contributed by atoms with E-state index in [1.165, 1.54) is 29.9 Å². The van der Waals surface area contributed by atoms with E-state index in [4.69, 9.17) is 43.2 Å². The summed E-state index contributed by atoms with van der Waals surface area (Å²) < 4.78 is 62.7. The number of nitrogens with zero attached hydrogens (tertiary/aromatic N) is 6. The quantitative estimate of drug-likeness (QED) is 0.118. The molecule has 20 nitrogen and oxygen atoms in total. The normalized spacial score (nSPS) is 24.6. The van der Waals surface area contributed by atoms with Gasteiger partial charge in [0.05, 0.1) is 51.3 Å². The summed E-state index contributed by atoms with van der Waals surface area (Å²) in [7, 11) is -4.60. The largest absolute Gasteiger partial charge is 0.462 e. The molecule has 0 amide bonds. The third kappa shape index (κ3) is 10.4. The zero-order chi connectivity index (χ0) is 40.6. The van der Waals surface area contributed by atoms with Crippen LogP contribution < -0.4 is 15.3 Å². The highest BCUT2D eigenvalue weighted by Crippen LogP contribution is 2.50. The number of benzene rings is 1. The molecule has 2 aromatic heterocycles.